The van der Waals surface area contributed by atoms with Crippen LogP contribution in [0.4, 0.5) is 5.69 Å². The molecule has 2 N–H and O–H groups in total. The molecule has 21 heavy (non-hydrogen) atoms. The van der Waals surface area contributed by atoms with Gasteiger partial charge in [0.1, 0.15) is 4.90 Å². The van der Waals surface area contributed by atoms with Gasteiger partial charge in [0, 0.05) is 16.8 Å². The van der Waals surface area contributed by atoms with Gasteiger partial charge >= 0.3 is 0 Å². The zero-order valence-electron chi connectivity index (χ0n) is 11.0. The molecule has 2 rings (SSSR count). The SMILES string of the molecule is Cc1ccncc1NS(=O)(=O)c1ccc(Cl)c(CO)c1Cl. The third kappa shape index (κ3) is 3.29. The monoisotopic (exact) mass is 346 g/mol. The zero-order chi connectivity index (χ0) is 15.6. The third-order valence-electron chi connectivity index (χ3n) is 2.88. The van der Waals surface area contributed by atoms with Crippen LogP contribution in [0.2, 0.25) is 10.0 Å². The zero-order valence-corrected chi connectivity index (χ0v) is 13.3. The summed E-state index contributed by atoms with van der Waals surface area (Å²) in [5, 5.41) is 9.34. The summed E-state index contributed by atoms with van der Waals surface area (Å²) in [6.45, 7) is 1.30. The second-order valence-corrected chi connectivity index (χ2v) is 6.73. The van der Waals surface area contributed by atoms with Crippen molar-refractivity contribution in [2.24, 2.45) is 0 Å². The van der Waals surface area contributed by atoms with Crippen molar-refractivity contribution in [3.05, 3.63) is 51.8 Å². The number of nitrogens with one attached hydrogen (secondary N) is 1. The molecule has 1 aromatic heterocycles. The fourth-order valence-corrected chi connectivity index (χ4v) is 3.71. The number of pyridine rings is 1. The highest BCUT2D eigenvalue weighted by molar-refractivity contribution is 7.92. The van der Waals surface area contributed by atoms with Gasteiger partial charge in [-0.1, -0.05) is 23.2 Å². The summed E-state index contributed by atoms with van der Waals surface area (Å²) < 4.78 is 27.2. The van der Waals surface area contributed by atoms with Crippen molar-refractivity contribution in [3.63, 3.8) is 0 Å². The summed E-state index contributed by atoms with van der Waals surface area (Å²) >= 11 is 11.9. The van der Waals surface area contributed by atoms with Gasteiger partial charge in [0.15, 0.2) is 0 Å². The molecule has 0 amide bonds. The van der Waals surface area contributed by atoms with Gasteiger partial charge in [0.05, 0.1) is 23.5 Å². The van der Waals surface area contributed by atoms with Crippen molar-refractivity contribution in [1.82, 2.24) is 4.98 Å². The molecule has 0 aliphatic rings. The maximum atomic E-state index is 12.4. The van der Waals surface area contributed by atoms with E-state index in [1.54, 1.807) is 19.2 Å². The van der Waals surface area contributed by atoms with Gasteiger partial charge in [-0.05, 0) is 30.7 Å². The average Bonchev–Trinajstić information content (AvgIpc) is 2.41. The van der Waals surface area contributed by atoms with Gasteiger partial charge in [0.25, 0.3) is 10.0 Å². The van der Waals surface area contributed by atoms with E-state index in [1.165, 1.54) is 18.3 Å². The van der Waals surface area contributed by atoms with E-state index >= 15 is 0 Å². The Hall–Kier alpha value is -1.34. The van der Waals surface area contributed by atoms with Crippen LogP contribution < -0.4 is 4.72 Å². The molecule has 5 nitrogen and oxygen atoms in total. The van der Waals surface area contributed by atoms with Gasteiger partial charge in [0.2, 0.25) is 0 Å². The maximum absolute atomic E-state index is 12.4. The molecule has 0 saturated carbocycles. The number of rotatable bonds is 4. The van der Waals surface area contributed by atoms with E-state index in [0.29, 0.717) is 5.69 Å². The van der Waals surface area contributed by atoms with Crippen LogP contribution in [-0.2, 0) is 16.6 Å². The molecular formula is C13H12Cl2N2O3S. The topological polar surface area (TPSA) is 79.3 Å². The predicted molar refractivity (Wildman–Crippen MR) is 82.2 cm³/mol. The van der Waals surface area contributed by atoms with Crippen molar-refractivity contribution in [2.75, 3.05) is 4.72 Å². The highest BCUT2D eigenvalue weighted by Gasteiger charge is 2.22. The van der Waals surface area contributed by atoms with Crippen molar-refractivity contribution in [2.45, 2.75) is 18.4 Å². The molecule has 0 aliphatic carbocycles. The van der Waals surface area contributed by atoms with E-state index in [2.05, 4.69) is 9.71 Å². The number of sulfonamides is 1. The number of nitrogens with zero attached hydrogens (tertiary/aromatic N) is 1. The first-order valence-corrected chi connectivity index (χ1v) is 8.12. The smallest absolute Gasteiger partial charge is 0.263 e. The van der Waals surface area contributed by atoms with Gasteiger partial charge < -0.3 is 5.11 Å². The lowest BCUT2D eigenvalue weighted by Gasteiger charge is -2.13. The molecule has 0 saturated heterocycles. The van der Waals surface area contributed by atoms with Gasteiger partial charge in [-0.25, -0.2) is 8.42 Å². The first kappa shape index (κ1) is 16.0. The van der Waals surface area contributed by atoms with Crippen LogP contribution in [0.15, 0.2) is 35.5 Å². The largest absolute Gasteiger partial charge is 0.392 e. The molecule has 112 valence electrons. The van der Waals surface area contributed by atoms with Crippen LogP contribution in [0.25, 0.3) is 0 Å². The number of aromatic nitrogens is 1. The third-order valence-corrected chi connectivity index (χ3v) is 5.19. The molecular weight excluding hydrogens is 335 g/mol. The van der Waals surface area contributed by atoms with E-state index in [0.717, 1.165) is 5.56 Å². The summed E-state index contributed by atoms with van der Waals surface area (Å²) in [7, 11) is -3.91. The van der Waals surface area contributed by atoms with Crippen molar-refractivity contribution in [3.8, 4) is 0 Å². The first-order chi connectivity index (χ1) is 9.86. The molecule has 0 fully saturated rings. The second-order valence-electron chi connectivity index (χ2n) is 4.29. The normalized spacial score (nSPS) is 11.4. The Morgan fingerprint density at radius 1 is 1.29 bits per heavy atom. The Kier molecular flexibility index (Phi) is 4.73. The van der Waals surface area contributed by atoms with Crippen molar-refractivity contribution in [1.29, 1.82) is 0 Å². The van der Waals surface area contributed by atoms with E-state index < -0.39 is 16.6 Å². The van der Waals surface area contributed by atoms with Gasteiger partial charge in [-0.15, -0.1) is 0 Å². The molecule has 1 heterocycles. The number of benzene rings is 1. The van der Waals surface area contributed by atoms with Crippen LogP contribution >= 0.6 is 23.2 Å². The summed E-state index contributed by atoms with van der Waals surface area (Å²) in [6.07, 6.45) is 2.97. The molecule has 2 aromatic rings. The lowest BCUT2D eigenvalue weighted by Crippen LogP contribution is -2.15. The number of hydrogen-bond acceptors (Lipinski definition) is 4. The van der Waals surface area contributed by atoms with Gasteiger partial charge in [-0.2, -0.15) is 0 Å². The summed E-state index contributed by atoms with van der Waals surface area (Å²) in [5.41, 5.74) is 1.25. The standard InChI is InChI=1S/C13H12Cl2N2O3S/c1-8-4-5-16-6-11(8)17-21(19,20)12-3-2-10(14)9(7-18)13(12)15/h2-6,17-18H,7H2,1H3. The Labute approximate surface area is 132 Å². The number of hydrogen-bond donors (Lipinski definition) is 2. The number of aryl methyl sites for hydroxylation is 1. The van der Waals surface area contributed by atoms with E-state index in [-0.39, 0.29) is 20.5 Å². The molecule has 0 spiro atoms. The van der Waals surface area contributed by atoms with Crippen LogP contribution in [-0.4, -0.2) is 18.5 Å². The minimum absolute atomic E-state index is 0.0981. The van der Waals surface area contributed by atoms with Crippen LogP contribution in [0.3, 0.4) is 0 Å². The Morgan fingerprint density at radius 3 is 2.62 bits per heavy atom. The Morgan fingerprint density at radius 2 is 2.00 bits per heavy atom. The molecule has 0 aliphatic heterocycles. The molecule has 0 atom stereocenters. The Bertz CT molecular complexity index is 779. The second kappa shape index (κ2) is 6.19. The summed E-state index contributed by atoms with van der Waals surface area (Å²) in [4.78, 5) is 3.72. The van der Waals surface area contributed by atoms with Crippen molar-refractivity contribution < 1.29 is 13.5 Å². The molecule has 8 heteroatoms. The lowest BCUT2D eigenvalue weighted by atomic mass is 10.2. The maximum Gasteiger partial charge on any atom is 0.263 e. The summed E-state index contributed by atoms with van der Waals surface area (Å²) in [6, 6.07) is 4.35. The first-order valence-electron chi connectivity index (χ1n) is 5.88. The predicted octanol–water partition coefficient (Wildman–Crippen LogP) is 2.99. The number of aliphatic hydroxyl groups is 1. The van der Waals surface area contributed by atoms with Crippen LogP contribution in [0.5, 0.6) is 0 Å². The van der Waals surface area contributed by atoms with Crippen LogP contribution in [0.1, 0.15) is 11.1 Å². The number of anilines is 1. The summed E-state index contributed by atoms with van der Waals surface area (Å²) in [5.74, 6) is 0. The van der Waals surface area contributed by atoms with Crippen LogP contribution in [0, 0.1) is 6.92 Å². The fourth-order valence-electron chi connectivity index (χ4n) is 1.70. The minimum atomic E-state index is -3.91. The lowest BCUT2D eigenvalue weighted by molar-refractivity contribution is 0.282. The highest BCUT2D eigenvalue weighted by Crippen LogP contribution is 2.32. The van der Waals surface area contributed by atoms with E-state index in [9.17, 15) is 13.5 Å². The quantitative estimate of drug-likeness (QED) is 0.891. The number of halogens is 2. The minimum Gasteiger partial charge on any atom is -0.392 e. The van der Waals surface area contributed by atoms with Crippen molar-refractivity contribution >= 4 is 38.9 Å². The molecule has 0 unspecified atom stereocenters. The average molecular weight is 347 g/mol. The van der Waals surface area contributed by atoms with E-state index in [4.69, 9.17) is 23.2 Å². The number of aliphatic hydroxyl groups excluding tert-OH is 1. The molecule has 0 radical (unpaired) electrons. The fraction of sp³-hybridized carbons (Fsp3) is 0.154. The molecule has 1 aromatic carbocycles. The van der Waals surface area contributed by atoms with Gasteiger partial charge in [-0.3, -0.25) is 9.71 Å². The highest BCUT2D eigenvalue weighted by atomic mass is 35.5. The Balaban J connectivity index is 2.48. The van der Waals surface area contributed by atoms with E-state index in [1.807, 2.05) is 0 Å². The molecule has 0 bridgehead atoms.